The lowest BCUT2D eigenvalue weighted by Crippen LogP contribution is -1.81. The van der Waals surface area contributed by atoms with Gasteiger partial charge in [0.2, 0.25) is 0 Å². The van der Waals surface area contributed by atoms with Gasteiger partial charge in [-0.3, -0.25) is 0 Å². The molecule has 0 saturated carbocycles. The minimum Gasteiger partial charge on any atom is -0.192 e. The second-order valence-electron chi connectivity index (χ2n) is 4.85. The van der Waals surface area contributed by atoms with E-state index in [2.05, 4.69) is 16.3 Å². The highest BCUT2D eigenvalue weighted by Crippen LogP contribution is 2.32. The normalized spacial score (nSPS) is 10.5. The zero-order valence-corrected chi connectivity index (χ0v) is 15.7. The number of aromatic nitrogens is 2. The predicted molar refractivity (Wildman–Crippen MR) is 102 cm³/mol. The van der Waals surface area contributed by atoms with Gasteiger partial charge in [-0.05, 0) is 35.4 Å². The van der Waals surface area contributed by atoms with Gasteiger partial charge in [-0.25, -0.2) is 0 Å². The van der Waals surface area contributed by atoms with Crippen molar-refractivity contribution in [3.8, 4) is 6.07 Å². The lowest BCUT2D eigenvalue weighted by Gasteiger charge is -1.99. The van der Waals surface area contributed by atoms with Crippen LogP contribution in [-0.4, -0.2) is 10.2 Å². The molecule has 0 N–H and O–H groups in total. The summed E-state index contributed by atoms with van der Waals surface area (Å²) in [7, 11) is 0. The van der Waals surface area contributed by atoms with Crippen LogP contribution in [0.2, 0.25) is 5.02 Å². The van der Waals surface area contributed by atoms with Crippen molar-refractivity contribution in [3.63, 3.8) is 0 Å². The first-order chi connectivity index (χ1) is 11.7. The van der Waals surface area contributed by atoms with Crippen molar-refractivity contribution < 1.29 is 0 Å². The fourth-order valence-corrected chi connectivity index (χ4v) is 4.92. The molecule has 0 radical (unpaired) electrons. The number of nitriles is 1. The summed E-state index contributed by atoms with van der Waals surface area (Å²) in [6.45, 7) is 0. The molecule has 0 aliphatic carbocycles. The fraction of sp³-hybridized carbons (Fsp3) is 0.118. The van der Waals surface area contributed by atoms with E-state index < -0.39 is 0 Å². The largest absolute Gasteiger partial charge is 0.192 e. The zero-order valence-electron chi connectivity index (χ0n) is 12.5. The number of rotatable bonds is 6. The van der Waals surface area contributed by atoms with Gasteiger partial charge in [-0.1, -0.05) is 70.7 Å². The Hall–Kier alpha value is -1.52. The van der Waals surface area contributed by atoms with Gasteiger partial charge in [0.1, 0.15) is 0 Å². The number of halogens is 1. The van der Waals surface area contributed by atoms with Crippen molar-refractivity contribution in [2.75, 3.05) is 0 Å². The molecule has 0 unspecified atom stereocenters. The Morgan fingerprint density at radius 2 is 1.38 bits per heavy atom. The monoisotopic (exact) mass is 389 g/mol. The Morgan fingerprint density at radius 3 is 1.88 bits per heavy atom. The lowest BCUT2D eigenvalue weighted by molar-refractivity contribution is 0.954. The number of hydrogen-bond acceptors (Lipinski definition) is 6. The Kier molecular flexibility index (Phi) is 6.16. The number of thioether (sulfide) groups is 2. The summed E-state index contributed by atoms with van der Waals surface area (Å²) in [6.07, 6.45) is 0. The van der Waals surface area contributed by atoms with E-state index in [9.17, 15) is 0 Å². The quantitative estimate of drug-likeness (QED) is 0.510. The van der Waals surface area contributed by atoms with Crippen LogP contribution in [0.15, 0.2) is 57.2 Å². The van der Waals surface area contributed by atoms with Gasteiger partial charge in [0, 0.05) is 16.5 Å². The fourth-order valence-electron chi connectivity index (χ4n) is 1.86. The van der Waals surface area contributed by atoms with Crippen molar-refractivity contribution in [2.24, 2.45) is 0 Å². The Morgan fingerprint density at radius 1 is 0.875 bits per heavy atom. The summed E-state index contributed by atoms with van der Waals surface area (Å²) in [6, 6.07) is 17.6. The van der Waals surface area contributed by atoms with Gasteiger partial charge in [0.15, 0.2) is 8.68 Å². The number of nitrogens with zero attached hydrogens (tertiary/aromatic N) is 3. The topological polar surface area (TPSA) is 49.6 Å². The maximum absolute atomic E-state index is 8.80. The van der Waals surface area contributed by atoms with Crippen LogP contribution in [0.1, 0.15) is 16.7 Å². The lowest BCUT2D eigenvalue weighted by atomic mass is 10.2. The average molecular weight is 390 g/mol. The van der Waals surface area contributed by atoms with Crippen LogP contribution in [0.5, 0.6) is 0 Å². The third-order valence-corrected chi connectivity index (χ3v) is 6.69. The molecule has 0 aliphatic heterocycles. The van der Waals surface area contributed by atoms with Crippen LogP contribution in [0.4, 0.5) is 0 Å². The molecule has 0 amide bonds. The number of benzene rings is 2. The molecule has 24 heavy (non-hydrogen) atoms. The molecule has 0 aliphatic rings. The summed E-state index contributed by atoms with van der Waals surface area (Å²) in [5, 5.41) is 18.0. The third kappa shape index (κ3) is 4.99. The molecule has 1 aromatic heterocycles. The highest BCUT2D eigenvalue weighted by Gasteiger charge is 2.06. The van der Waals surface area contributed by atoms with Crippen molar-refractivity contribution in [2.45, 2.75) is 20.2 Å². The SMILES string of the molecule is N#Cc1ccc(CSc2nnc(SCc3ccc(Cl)cc3)s2)cc1. The minimum absolute atomic E-state index is 0.681. The maximum Gasteiger partial charge on any atom is 0.175 e. The summed E-state index contributed by atoms with van der Waals surface area (Å²) in [4.78, 5) is 0. The van der Waals surface area contributed by atoms with Crippen molar-refractivity contribution in [1.82, 2.24) is 10.2 Å². The van der Waals surface area contributed by atoms with Crippen LogP contribution in [-0.2, 0) is 11.5 Å². The first kappa shape index (κ1) is 17.3. The van der Waals surface area contributed by atoms with E-state index in [0.717, 1.165) is 25.2 Å². The molecule has 0 atom stereocenters. The zero-order chi connectivity index (χ0) is 16.8. The van der Waals surface area contributed by atoms with Gasteiger partial charge in [0.25, 0.3) is 0 Å². The first-order valence-corrected chi connectivity index (χ1v) is 10.2. The predicted octanol–water partition coefficient (Wildman–Crippen LogP) is 5.65. The van der Waals surface area contributed by atoms with E-state index in [1.165, 1.54) is 11.1 Å². The Bertz CT molecular complexity index is 839. The number of hydrogen-bond donors (Lipinski definition) is 0. The van der Waals surface area contributed by atoms with Crippen LogP contribution in [0, 0.1) is 11.3 Å². The van der Waals surface area contributed by atoms with E-state index in [1.54, 1.807) is 34.9 Å². The van der Waals surface area contributed by atoms with Gasteiger partial charge in [-0.15, -0.1) is 10.2 Å². The van der Waals surface area contributed by atoms with Crippen molar-refractivity contribution >= 4 is 46.5 Å². The highest BCUT2D eigenvalue weighted by atomic mass is 35.5. The minimum atomic E-state index is 0.681. The molecule has 3 nitrogen and oxygen atoms in total. The molecule has 0 saturated heterocycles. The molecular weight excluding hydrogens is 378 g/mol. The molecule has 3 aromatic rings. The molecule has 3 rings (SSSR count). The molecule has 0 spiro atoms. The molecule has 0 fully saturated rings. The Balaban J connectivity index is 1.51. The average Bonchev–Trinajstić information content (AvgIpc) is 3.08. The van der Waals surface area contributed by atoms with E-state index in [-0.39, 0.29) is 0 Å². The van der Waals surface area contributed by atoms with Crippen LogP contribution in [0.25, 0.3) is 0 Å². The molecule has 120 valence electrons. The molecule has 7 heteroatoms. The van der Waals surface area contributed by atoms with Crippen LogP contribution < -0.4 is 0 Å². The standard InChI is InChI=1S/C17H12ClN3S3/c18-15-7-5-14(6-8-15)11-23-17-21-20-16(24-17)22-10-13-3-1-12(9-19)2-4-13/h1-8H,10-11H2. The Labute approximate surface area is 158 Å². The second-order valence-corrected chi connectivity index (χ2v) is 8.71. The first-order valence-electron chi connectivity index (χ1n) is 7.05. The highest BCUT2D eigenvalue weighted by molar-refractivity contribution is 8.02. The molecule has 2 aromatic carbocycles. The summed E-state index contributed by atoms with van der Waals surface area (Å²) in [5.74, 6) is 1.67. The summed E-state index contributed by atoms with van der Waals surface area (Å²) in [5.41, 5.74) is 3.07. The van der Waals surface area contributed by atoms with E-state index >= 15 is 0 Å². The van der Waals surface area contributed by atoms with Crippen molar-refractivity contribution in [3.05, 3.63) is 70.2 Å². The molecule has 0 bridgehead atoms. The van der Waals surface area contributed by atoms with Crippen LogP contribution in [0.3, 0.4) is 0 Å². The van der Waals surface area contributed by atoms with Gasteiger partial charge in [-0.2, -0.15) is 5.26 Å². The van der Waals surface area contributed by atoms with Gasteiger partial charge < -0.3 is 0 Å². The smallest absolute Gasteiger partial charge is 0.175 e. The summed E-state index contributed by atoms with van der Waals surface area (Å²) >= 11 is 10.8. The van der Waals surface area contributed by atoms with E-state index in [1.807, 2.05) is 48.5 Å². The molecular formula is C17H12ClN3S3. The van der Waals surface area contributed by atoms with E-state index in [0.29, 0.717) is 5.56 Å². The molecule has 1 heterocycles. The summed E-state index contributed by atoms with van der Waals surface area (Å²) < 4.78 is 1.92. The third-order valence-electron chi connectivity index (χ3n) is 3.11. The van der Waals surface area contributed by atoms with Crippen LogP contribution >= 0.6 is 46.5 Å². The van der Waals surface area contributed by atoms with E-state index in [4.69, 9.17) is 16.9 Å². The van der Waals surface area contributed by atoms with Crippen molar-refractivity contribution in [1.29, 1.82) is 5.26 Å². The second kappa shape index (κ2) is 8.54. The van der Waals surface area contributed by atoms with Gasteiger partial charge in [0.05, 0.1) is 11.6 Å². The maximum atomic E-state index is 8.80. The van der Waals surface area contributed by atoms with Gasteiger partial charge >= 0.3 is 0 Å².